The first-order valence-corrected chi connectivity index (χ1v) is 9.35. The summed E-state index contributed by atoms with van der Waals surface area (Å²) in [6, 6.07) is 22.5. The second-order valence-electron chi connectivity index (χ2n) is 5.69. The fourth-order valence-electron chi connectivity index (χ4n) is 2.87. The van der Waals surface area contributed by atoms with Gasteiger partial charge in [0.25, 0.3) is 0 Å². The molecule has 3 aromatic carbocycles. The van der Waals surface area contributed by atoms with Crippen LogP contribution in [0.5, 0.6) is 5.75 Å². The van der Waals surface area contributed by atoms with E-state index in [4.69, 9.17) is 0 Å². The number of phenols is 1. The molecule has 1 N–H and O–H groups in total. The Kier molecular flexibility index (Phi) is 4.15. The standard InChI is InChI=1S/C21H13BrO2S/c22-15-8-6-13(7-9-15)19-17-11-10-16(23)12-18(17)25-21(19)20(24)14-4-2-1-3-5-14/h1-12,23H. The maximum Gasteiger partial charge on any atom is 0.203 e. The number of hydrogen-bond donors (Lipinski definition) is 1. The van der Waals surface area contributed by atoms with Gasteiger partial charge in [-0.25, -0.2) is 0 Å². The predicted molar refractivity (Wildman–Crippen MR) is 107 cm³/mol. The Morgan fingerprint density at radius 1 is 0.920 bits per heavy atom. The number of benzene rings is 3. The molecule has 2 nitrogen and oxygen atoms in total. The quantitative estimate of drug-likeness (QED) is 0.405. The lowest BCUT2D eigenvalue weighted by Crippen LogP contribution is -2.00. The van der Waals surface area contributed by atoms with Gasteiger partial charge in [0.15, 0.2) is 0 Å². The zero-order valence-corrected chi connectivity index (χ0v) is 15.5. The van der Waals surface area contributed by atoms with Crippen molar-refractivity contribution in [3.63, 3.8) is 0 Å². The lowest BCUT2D eigenvalue weighted by molar-refractivity contribution is 0.104. The SMILES string of the molecule is O=C(c1ccccc1)c1sc2cc(O)ccc2c1-c1ccc(Br)cc1. The van der Waals surface area contributed by atoms with Crippen LogP contribution < -0.4 is 0 Å². The molecule has 4 aromatic rings. The van der Waals surface area contributed by atoms with Gasteiger partial charge in [-0.2, -0.15) is 0 Å². The number of thiophene rings is 1. The number of rotatable bonds is 3. The second-order valence-corrected chi connectivity index (χ2v) is 7.66. The fourth-order valence-corrected chi connectivity index (χ4v) is 4.35. The largest absolute Gasteiger partial charge is 0.508 e. The van der Waals surface area contributed by atoms with Gasteiger partial charge in [-0.15, -0.1) is 11.3 Å². The zero-order valence-electron chi connectivity index (χ0n) is 13.1. The smallest absolute Gasteiger partial charge is 0.203 e. The molecule has 0 fully saturated rings. The van der Waals surface area contributed by atoms with Crippen LogP contribution in [-0.4, -0.2) is 10.9 Å². The van der Waals surface area contributed by atoms with Crippen molar-refractivity contribution >= 4 is 43.1 Å². The molecular weight excluding hydrogens is 396 g/mol. The first-order valence-electron chi connectivity index (χ1n) is 7.75. The summed E-state index contributed by atoms with van der Waals surface area (Å²) in [5, 5.41) is 10.8. The topological polar surface area (TPSA) is 37.3 Å². The molecule has 0 radical (unpaired) electrons. The molecule has 0 aliphatic rings. The van der Waals surface area contributed by atoms with E-state index in [9.17, 15) is 9.90 Å². The molecule has 122 valence electrons. The van der Waals surface area contributed by atoms with Crippen molar-refractivity contribution in [2.24, 2.45) is 0 Å². The average Bonchev–Trinajstić information content (AvgIpc) is 3.01. The minimum Gasteiger partial charge on any atom is -0.508 e. The van der Waals surface area contributed by atoms with Crippen LogP contribution in [0.1, 0.15) is 15.2 Å². The van der Waals surface area contributed by atoms with Crippen LogP contribution in [0.3, 0.4) is 0 Å². The third-order valence-electron chi connectivity index (χ3n) is 4.05. The molecule has 0 amide bonds. The van der Waals surface area contributed by atoms with Crippen molar-refractivity contribution in [2.75, 3.05) is 0 Å². The maximum atomic E-state index is 13.1. The van der Waals surface area contributed by atoms with Crippen LogP contribution in [-0.2, 0) is 0 Å². The number of halogens is 1. The summed E-state index contributed by atoms with van der Waals surface area (Å²) in [5.74, 6) is 0.203. The highest BCUT2D eigenvalue weighted by Gasteiger charge is 2.21. The van der Waals surface area contributed by atoms with E-state index in [0.717, 1.165) is 25.7 Å². The Balaban J connectivity index is 1.98. The van der Waals surface area contributed by atoms with E-state index in [1.807, 2.05) is 60.7 Å². The van der Waals surface area contributed by atoms with Gasteiger partial charge in [0.2, 0.25) is 5.78 Å². The Bertz CT molecular complexity index is 1070. The normalized spacial score (nSPS) is 10.9. The number of ketones is 1. The van der Waals surface area contributed by atoms with Gasteiger partial charge in [0.05, 0.1) is 4.88 Å². The van der Waals surface area contributed by atoms with Crippen molar-refractivity contribution in [3.05, 3.63) is 87.7 Å². The molecule has 1 heterocycles. The fraction of sp³-hybridized carbons (Fsp3) is 0. The summed E-state index contributed by atoms with van der Waals surface area (Å²) in [4.78, 5) is 13.8. The van der Waals surface area contributed by atoms with E-state index < -0.39 is 0 Å². The molecule has 0 atom stereocenters. The maximum absolute atomic E-state index is 13.1. The number of carbonyl (C=O) groups is 1. The number of hydrogen-bond acceptors (Lipinski definition) is 3. The van der Waals surface area contributed by atoms with Crippen LogP contribution >= 0.6 is 27.3 Å². The van der Waals surface area contributed by atoms with Crippen LogP contribution in [0, 0.1) is 0 Å². The van der Waals surface area contributed by atoms with Gasteiger partial charge in [0.1, 0.15) is 5.75 Å². The molecular formula is C21H13BrO2S. The molecule has 0 saturated carbocycles. The van der Waals surface area contributed by atoms with Crippen molar-refractivity contribution in [3.8, 4) is 16.9 Å². The van der Waals surface area contributed by atoms with Crippen molar-refractivity contribution in [2.45, 2.75) is 0 Å². The van der Waals surface area contributed by atoms with Gasteiger partial charge in [-0.1, -0.05) is 58.4 Å². The number of fused-ring (bicyclic) bond motifs is 1. The summed E-state index contributed by atoms with van der Waals surface area (Å²) in [7, 11) is 0. The second kappa shape index (κ2) is 6.47. The van der Waals surface area contributed by atoms with E-state index >= 15 is 0 Å². The zero-order chi connectivity index (χ0) is 17.4. The Morgan fingerprint density at radius 3 is 2.36 bits per heavy atom. The van der Waals surface area contributed by atoms with Crippen LogP contribution in [0.2, 0.25) is 0 Å². The van der Waals surface area contributed by atoms with Gasteiger partial charge >= 0.3 is 0 Å². The van der Waals surface area contributed by atoms with E-state index in [1.54, 1.807) is 12.1 Å². The predicted octanol–water partition coefficient (Wildman–Crippen LogP) is 6.27. The molecule has 0 aliphatic heterocycles. The summed E-state index contributed by atoms with van der Waals surface area (Å²) in [6.07, 6.45) is 0. The first kappa shape index (κ1) is 16.1. The lowest BCUT2D eigenvalue weighted by Gasteiger charge is -2.05. The molecule has 0 bridgehead atoms. The highest BCUT2D eigenvalue weighted by molar-refractivity contribution is 9.10. The number of carbonyl (C=O) groups excluding carboxylic acids is 1. The minimum absolute atomic E-state index is 0.000733. The molecule has 25 heavy (non-hydrogen) atoms. The molecule has 4 rings (SSSR count). The summed E-state index contributed by atoms with van der Waals surface area (Å²) in [6.45, 7) is 0. The highest BCUT2D eigenvalue weighted by Crippen LogP contribution is 2.41. The van der Waals surface area contributed by atoms with E-state index in [0.29, 0.717) is 10.4 Å². The van der Waals surface area contributed by atoms with Crippen LogP contribution in [0.25, 0.3) is 21.2 Å². The molecule has 0 unspecified atom stereocenters. The van der Waals surface area contributed by atoms with E-state index in [-0.39, 0.29) is 11.5 Å². The van der Waals surface area contributed by atoms with Crippen molar-refractivity contribution in [1.29, 1.82) is 0 Å². The van der Waals surface area contributed by atoms with Crippen molar-refractivity contribution < 1.29 is 9.90 Å². The lowest BCUT2D eigenvalue weighted by atomic mass is 9.98. The average molecular weight is 409 g/mol. The van der Waals surface area contributed by atoms with E-state index in [1.165, 1.54) is 11.3 Å². The van der Waals surface area contributed by atoms with Crippen LogP contribution in [0.4, 0.5) is 0 Å². The first-order chi connectivity index (χ1) is 12.1. The van der Waals surface area contributed by atoms with Crippen LogP contribution in [0.15, 0.2) is 77.3 Å². The van der Waals surface area contributed by atoms with E-state index in [2.05, 4.69) is 15.9 Å². The molecule has 0 aliphatic carbocycles. The molecule has 0 spiro atoms. The van der Waals surface area contributed by atoms with Crippen molar-refractivity contribution in [1.82, 2.24) is 0 Å². The third kappa shape index (κ3) is 2.99. The van der Waals surface area contributed by atoms with Gasteiger partial charge < -0.3 is 5.11 Å². The van der Waals surface area contributed by atoms with Gasteiger partial charge in [-0.05, 0) is 35.9 Å². The summed E-state index contributed by atoms with van der Waals surface area (Å²) in [5.41, 5.74) is 2.57. The number of phenolic OH excluding ortho intramolecular Hbond substituents is 1. The van der Waals surface area contributed by atoms with Gasteiger partial charge in [-0.3, -0.25) is 4.79 Å². The Morgan fingerprint density at radius 2 is 1.64 bits per heavy atom. The molecule has 4 heteroatoms. The third-order valence-corrected chi connectivity index (χ3v) is 5.73. The summed E-state index contributed by atoms with van der Waals surface area (Å²) < 4.78 is 1.89. The Hall–Kier alpha value is -2.43. The number of aromatic hydroxyl groups is 1. The molecule has 1 aromatic heterocycles. The minimum atomic E-state index is -0.000733. The highest BCUT2D eigenvalue weighted by atomic mass is 79.9. The monoisotopic (exact) mass is 408 g/mol. The molecule has 0 saturated heterocycles. The van der Waals surface area contributed by atoms with Gasteiger partial charge in [0, 0.05) is 25.7 Å². The summed E-state index contributed by atoms with van der Waals surface area (Å²) >= 11 is 4.87. The Labute approximate surface area is 157 Å².